The minimum Gasteiger partial charge on any atom is -0.341 e. The monoisotopic (exact) mass is 378 g/mol. The normalized spacial score (nSPS) is 16.2. The van der Waals surface area contributed by atoms with Crippen molar-refractivity contribution in [2.75, 3.05) is 13.1 Å². The Kier molecular flexibility index (Phi) is 5.50. The van der Waals surface area contributed by atoms with E-state index in [1.807, 2.05) is 48.7 Å². The van der Waals surface area contributed by atoms with Crippen LogP contribution in [0.15, 0.2) is 55.4 Å². The van der Waals surface area contributed by atoms with E-state index in [9.17, 15) is 4.79 Å². The molecule has 1 atom stereocenters. The first-order valence-electron chi connectivity index (χ1n) is 9.94. The van der Waals surface area contributed by atoms with E-state index in [0.717, 1.165) is 44.7 Å². The van der Waals surface area contributed by atoms with Gasteiger partial charge in [-0.3, -0.25) is 14.5 Å². The molecule has 3 aromatic rings. The predicted octanol–water partition coefficient (Wildman–Crippen LogP) is 2.88. The Hall–Kier alpha value is -2.96. The molecule has 0 spiro atoms. The molecule has 1 aliphatic heterocycles. The summed E-state index contributed by atoms with van der Waals surface area (Å²) in [7, 11) is 0. The number of carbonyl (C=O) groups excluding carboxylic acids is 1. The number of nitrogens with zero attached hydrogens (tertiary/aromatic N) is 6. The van der Waals surface area contributed by atoms with Crippen LogP contribution >= 0.6 is 0 Å². The molecule has 0 N–H and O–H groups in total. The van der Waals surface area contributed by atoms with E-state index in [-0.39, 0.29) is 11.9 Å². The Labute approximate surface area is 165 Å². The van der Waals surface area contributed by atoms with Gasteiger partial charge in [0.2, 0.25) is 5.91 Å². The lowest BCUT2D eigenvalue weighted by Crippen LogP contribution is -2.42. The van der Waals surface area contributed by atoms with Crippen LogP contribution in [-0.2, 0) is 11.3 Å². The minimum atomic E-state index is -0.209. The number of likely N-dealkylation sites (tertiary alicyclic amines) is 1. The smallest absolute Gasteiger partial charge is 0.247 e. The molecule has 0 saturated carbocycles. The Morgan fingerprint density at radius 1 is 1.18 bits per heavy atom. The molecule has 28 heavy (non-hydrogen) atoms. The van der Waals surface area contributed by atoms with Gasteiger partial charge in [0.1, 0.15) is 11.9 Å². The summed E-state index contributed by atoms with van der Waals surface area (Å²) in [5.41, 5.74) is 1.17. The van der Waals surface area contributed by atoms with Gasteiger partial charge in [0.05, 0.1) is 6.54 Å². The fraction of sp³-hybridized carbons (Fsp3) is 0.429. The van der Waals surface area contributed by atoms with E-state index < -0.39 is 0 Å². The number of carbonyl (C=O) groups is 1. The van der Waals surface area contributed by atoms with Gasteiger partial charge < -0.3 is 9.47 Å². The molecular weight excluding hydrogens is 352 g/mol. The number of imidazole rings is 1. The van der Waals surface area contributed by atoms with Gasteiger partial charge in [-0.1, -0.05) is 13.0 Å². The summed E-state index contributed by atoms with van der Waals surface area (Å²) in [5, 5.41) is 4.26. The first-order valence-corrected chi connectivity index (χ1v) is 9.94. The van der Waals surface area contributed by atoms with Crippen LogP contribution in [0.1, 0.15) is 49.5 Å². The largest absolute Gasteiger partial charge is 0.341 e. The van der Waals surface area contributed by atoms with Crippen molar-refractivity contribution in [3.05, 3.63) is 66.8 Å². The van der Waals surface area contributed by atoms with Crippen molar-refractivity contribution in [2.24, 2.45) is 0 Å². The molecular formula is C21H26N6O. The number of aromatic nitrogens is 5. The van der Waals surface area contributed by atoms with Crippen molar-refractivity contribution < 1.29 is 4.79 Å². The van der Waals surface area contributed by atoms with Gasteiger partial charge in [-0.25, -0.2) is 4.98 Å². The average molecular weight is 378 g/mol. The predicted molar refractivity (Wildman–Crippen MR) is 106 cm³/mol. The van der Waals surface area contributed by atoms with E-state index in [4.69, 9.17) is 0 Å². The molecule has 1 amide bonds. The van der Waals surface area contributed by atoms with Crippen molar-refractivity contribution >= 4 is 5.91 Å². The highest BCUT2D eigenvalue weighted by atomic mass is 16.2. The standard InChI is InChI=1S/C21H26N6O/c1-2-19(27-11-4-9-24-27)21(28)25-12-6-18(7-13-25)20-23-10-14-26(20)16-17-5-3-8-22-15-17/h3-5,8-11,14-15,18-19H,2,6-7,12-13,16H2,1H3/t19-/m0/s1. The van der Waals surface area contributed by atoms with Crippen LogP contribution in [0.4, 0.5) is 0 Å². The van der Waals surface area contributed by atoms with Crippen molar-refractivity contribution in [2.45, 2.75) is 44.7 Å². The Balaban J connectivity index is 1.40. The molecule has 0 unspecified atom stereocenters. The summed E-state index contributed by atoms with van der Waals surface area (Å²) in [6.07, 6.45) is 13.8. The molecule has 0 bridgehead atoms. The number of piperidine rings is 1. The lowest BCUT2D eigenvalue weighted by atomic mass is 9.95. The number of hydrogen-bond acceptors (Lipinski definition) is 4. The first-order chi connectivity index (χ1) is 13.8. The zero-order chi connectivity index (χ0) is 19.3. The minimum absolute atomic E-state index is 0.170. The summed E-state index contributed by atoms with van der Waals surface area (Å²) in [5.74, 6) is 1.65. The maximum absolute atomic E-state index is 13.0. The van der Waals surface area contributed by atoms with Crippen LogP contribution in [0.2, 0.25) is 0 Å². The second-order valence-electron chi connectivity index (χ2n) is 7.28. The third-order valence-electron chi connectivity index (χ3n) is 5.51. The fourth-order valence-electron chi connectivity index (χ4n) is 4.01. The summed E-state index contributed by atoms with van der Waals surface area (Å²) in [6.45, 7) is 4.34. The molecule has 146 valence electrons. The highest BCUT2D eigenvalue weighted by molar-refractivity contribution is 5.80. The quantitative estimate of drug-likeness (QED) is 0.661. The van der Waals surface area contributed by atoms with Crippen molar-refractivity contribution in [1.29, 1.82) is 0 Å². The molecule has 1 aliphatic rings. The lowest BCUT2D eigenvalue weighted by molar-refractivity contribution is -0.136. The molecule has 1 saturated heterocycles. The van der Waals surface area contributed by atoms with Gasteiger partial charge in [-0.15, -0.1) is 0 Å². The van der Waals surface area contributed by atoms with Crippen LogP contribution in [0.25, 0.3) is 0 Å². The fourth-order valence-corrected chi connectivity index (χ4v) is 4.01. The molecule has 3 aromatic heterocycles. The van der Waals surface area contributed by atoms with Gasteiger partial charge in [-0.05, 0) is 37.0 Å². The molecule has 0 aliphatic carbocycles. The summed E-state index contributed by atoms with van der Waals surface area (Å²) >= 11 is 0. The van der Waals surface area contributed by atoms with Crippen LogP contribution < -0.4 is 0 Å². The number of amides is 1. The number of hydrogen-bond donors (Lipinski definition) is 0. The van der Waals surface area contributed by atoms with E-state index >= 15 is 0 Å². The number of pyridine rings is 1. The Bertz CT molecular complexity index is 881. The maximum Gasteiger partial charge on any atom is 0.247 e. The molecule has 0 aromatic carbocycles. The van der Waals surface area contributed by atoms with Crippen molar-refractivity contribution in [1.82, 2.24) is 29.2 Å². The summed E-state index contributed by atoms with van der Waals surface area (Å²) < 4.78 is 3.98. The van der Waals surface area contributed by atoms with Crippen molar-refractivity contribution in [3.63, 3.8) is 0 Å². The zero-order valence-electron chi connectivity index (χ0n) is 16.2. The number of rotatable bonds is 6. The van der Waals surface area contributed by atoms with E-state index in [0.29, 0.717) is 5.92 Å². The summed E-state index contributed by atoms with van der Waals surface area (Å²) in [6, 6.07) is 5.70. The second kappa shape index (κ2) is 8.37. The van der Waals surface area contributed by atoms with Gasteiger partial charge in [0.15, 0.2) is 0 Å². The maximum atomic E-state index is 13.0. The third kappa shape index (κ3) is 3.83. The molecule has 7 heteroatoms. The lowest BCUT2D eigenvalue weighted by Gasteiger charge is -2.34. The topological polar surface area (TPSA) is 68.8 Å². The molecule has 0 radical (unpaired) electrons. The average Bonchev–Trinajstić information content (AvgIpc) is 3.42. The first kappa shape index (κ1) is 18.4. The molecule has 7 nitrogen and oxygen atoms in total. The van der Waals surface area contributed by atoms with Crippen LogP contribution in [0, 0.1) is 0 Å². The summed E-state index contributed by atoms with van der Waals surface area (Å²) in [4.78, 5) is 23.8. The van der Waals surface area contributed by atoms with Gasteiger partial charge in [-0.2, -0.15) is 5.10 Å². The Morgan fingerprint density at radius 2 is 2.04 bits per heavy atom. The zero-order valence-corrected chi connectivity index (χ0v) is 16.2. The third-order valence-corrected chi connectivity index (χ3v) is 5.51. The molecule has 1 fully saturated rings. The second-order valence-corrected chi connectivity index (χ2v) is 7.28. The molecule has 4 rings (SSSR count). The van der Waals surface area contributed by atoms with Gasteiger partial charge in [0, 0.05) is 56.2 Å². The van der Waals surface area contributed by atoms with E-state index in [1.165, 1.54) is 5.56 Å². The van der Waals surface area contributed by atoms with Crippen LogP contribution in [-0.4, -0.2) is 48.2 Å². The van der Waals surface area contributed by atoms with Crippen LogP contribution in [0.3, 0.4) is 0 Å². The van der Waals surface area contributed by atoms with Crippen molar-refractivity contribution in [3.8, 4) is 0 Å². The molecule has 4 heterocycles. The highest BCUT2D eigenvalue weighted by Crippen LogP contribution is 2.29. The van der Waals surface area contributed by atoms with E-state index in [2.05, 4.69) is 25.7 Å². The van der Waals surface area contributed by atoms with Gasteiger partial charge >= 0.3 is 0 Å². The van der Waals surface area contributed by atoms with Crippen LogP contribution in [0.5, 0.6) is 0 Å². The SMILES string of the molecule is CC[C@@H](C(=O)N1CCC(c2nccn2Cc2cccnc2)CC1)n1cccn1. The van der Waals surface area contributed by atoms with E-state index in [1.54, 1.807) is 17.1 Å². The highest BCUT2D eigenvalue weighted by Gasteiger charge is 2.30. The Morgan fingerprint density at radius 3 is 2.71 bits per heavy atom. The van der Waals surface area contributed by atoms with Gasteiger partial charge in [0.25, 0.3) is 0 Å².